The quantitative estimate of drug-likeness (QED) is 0.0417. The van der Waals surface area contributed by atoms with E-state index in [1.54, 1.807) is 0 Å². The Morgan fingerprint density at radius 2 is 0.482 bits per heavy atom. The number of aliphatic hydroxyl groups excluding tert-OH is 2. The monoisotopic (exact) mass is 1200 g/mol. The van der Waals surface area contributed by atoms with E-state index in [2.05, 4.69) is 19.2 Å². The molecule has 1 amide bonds. The first kappa shape index (κ1) is 83.9. The van der Waals surface area contributed by atoms with Crippen molar-refractivity contribution >= 4 is 11.9 Å². The molecule has 0 saturated carbocycles. The van der Waals surface area contributed by atoms with Gasteiger partial charge in [0, 0.05) is 12.8 Å². The number of carbonyl (C=O) groups excluding carboxylic acids is 2. The molecule has 3 N–H and O–H groups in total. The van der Waals surface area contributed by atoms with Crippen LogP contribution in [-0.4, -0.2) is 47.4 Å². The molecule has 0 aliphatic heterocycles. The molecule has 6 heteroatoms. The van der Waals surface area contributed by atoms with Crippen LogP contribution in [0.2, 0.25) is 0 Å². The Kier molecular flexibility index (Phi) is 74.3. The molecule has 0 fully saturated rings. The van der Waals surface area contributed by atoms with E-state index in [0.29, 0.717) is 25.9 Å². The van der Waals surface area contributed by atoms with Crippen molar-refractivity contribution in [2.24, 2.45) is 0 Å². The van der Waals surface area contributed by atoms with Crippen LogP contribution in [0.4, 0.5) is 0 Å². The highest BCUT2D eigenvalue weighted by atomic mass is 16.5. The fraction of sp³-hybridized carbons (Fsp3) is 0.975. The van der Waals surface area contributed by atoms with E-state index in [9.17, 15) is 19.8 Å². The third-order valence-corrected chi connectivity index (χ3v) is 19.2. The highest BCUT2D eigenvalue weighted by Gasteiger charge is 2.20. The van der Waals surface area contributed by atoms with Crippen LogP contribution in [0.1, 0.15) is 470 Å². The van der Waals surface area contributed by atoms with Crippen LogP contribution in [0, 0.1) is 0 Å². The highest BCUT2D eigenvalue weighted by Crippen LogP contribution is 2.21. The Morgan fingerprint density at radius 3 is 0.718 bits per heavy atom. The van der Waals surface area contributed by atoms with E-state index < -0.39 is 12.1 Å². The number of aliphatic hydroxyl groups is 2. The fourth-order valence-corrected chi connectivity index (χ4v) is 13.1. The predicted octanol–water partition coefficient (Wildman–Crippen LogP) is 26.1. The predicted molar refractivity (Wildman–Crippen MR) is 375 cm³/mol. The smallest absolute Gasteiger partial charge is 0.305 e. The van der Waals surface area contributed by atoms with Gasteiger partial charge in [0.25, 0.3) is 0 Å². The van der Waals surface area contributed by atoms with Gasteiger partial charge >= 0.3 is 5.97 Å². The van der Waals surface area contributed by atoms with E-state index in [0.717, 1.165) is 38.5 Å². The number of carbonyl (C=O) groups is 2. The van der Waals surface area contributed by atoms with Gasteiger partial charge in [0.05, 0.1) is 25.4 Å². The lowest BCUT2D eigenvalue weighted by atomic mass is 10.0. The standard InChI is InChI=1S/C79H157NO5/c1-3-5-7-9-11-13-15-17-19-21-23-36-39-43-47-51-55-59-63-67-71-77(82)76(75-81)80-78(83)72-68-64-60-56-52-48-44-40-37-33-31-29-27-25-24-26-28-30-32-34-38-42-46-50-54-58-62-66-70-74-85-79(84)73-69-65-61-57-53-49-45-41-35-22-20-18-16-14-12-10-8-6-4-2/h76-77,81-82H,3-75H2,1-2H3,(H,80,83). The summed E-state index contributed by atoms with van der Waals surface area (Å²) in [5, 5.41) is 23.4. The van der Waals surface area contributed by atoms with Crippen molar-refractivity contribution < 1.29 is 24.5 Å². The Balaban J connectivity index is 3.31. The maximum atomic E-state index is 12.6. The van der Waals surface area contributed by atoms with Crippen LogP contribution in [0.3, 0.4) is 0 Å². The summed E-state index contributed by atoms with van der Waals surface area (Å²) in [5.41, 5.74) is 0. The molecule has 0 radical (unpaired) electrons. The number of nitrogens with one attached hydrogen (secondary N) is 1. The number of rotatable bonds is 76. The molecule has 0 heterocycles. The number of hydrogen-bond donors (Lipinski definition) is 3. The van der Waals surface area contributed by atoms with Gasteiger partial charge in [-0.3, -0.25) is 9.59 Å². The van der Waals surface area contributed by atoms with E-state index in [1.165, 1.54) is 398 Å². The van der Waals surface area contributed by atoms with Gasteiger partial charge in [0.1, 0.15) is 0 Å². The summed E-state index contributed by atoms with van der Waals surface area (Å²) in [4.78, 5) is 24.7. The van der Waals surface area contributed by atoms with Crippen molar-refractivity contribution in [1.82, 2.24) is 5.32 Å². The van der Waals surface area contributed by atoms with Gasteiger partial charge in [0.15, 0.2) is 0 Å². The van der Waals surface area contributed by atoms with Gasteiger partial charge in [-0.2, -0.15) is 0 Å². The lowest BCUT2D eigenvalue weighted by Gasteiger charge is -2.22. The van der Waals surface area contributed by atoms with Crippen LogP contribution in [0.15, 0.2) is 0 Å². The molecular weight excluding hydrogens is 1040 g/mol. The van der Waals surface area contributed by atoms with E-state index in [-0.39, 0.29) is 18.5 Å². The van der Waals surface area contributed by atoms with Crippen molar-refractivity contribution in [3.05, 3.63) is 0 Å². The minimum atomic E-state index is -0.662. The number of ether oxygens (including phenoxy) is 1. The molecule has 0 aromatic carbocycles. The summed E-state index contributed by atoms with van der Waals surface area (Å²) in [6.07, 6.45) is 93.4. The number of hydrogen-bond acceptors (Lipinski definition) is 5. The van der Waals surface area contributed by atoms with Gasteiger partial charge < -0.3 is 20.3 Å². The average molecular weight is 1200 g/mol. The third-order valence-electron chi connectivity index (χ3n) is 19.2. The zero-order valence-electron chi connectivity index (χ0n) is 58.4. The molecular formula is C79H157NO5. The van der Waals surface area contributed by atoms with Crippen molar-refractivity contribution in [2.45, 2.75) is 482 Å². The van der Waals surface area contributed by atoms with Gasteiger partial charge in [-0.15, -0.1) is 0 Å². The molecule has 0 aliphatic carbocycles. The summed E-state index contributed by atoms with van der Waals surface area (Å²) in [6, 6.07) is -0.539. The largest absolute Gasteiger partial charge is 0.466 e. The Hall–Kier alpha value is -1.14. The van der Waals surface area contributed by atoms with Gasteiger partial charge in [0.2, 0.25) is 5.91 Å². The Labute approximate surface area is 534 Å². The second-order valence-corrected chi connectivity index (χ2v) is 27.8. The fourth-order valence-electron chi connectivity index (χ4n) is 13.1. The van der Waals surface area contributed by atoms with Gasteiger partial charge in [-0.25, -0.2) is 0 Å². The van der Waals surface area contributed by atoms with Crippen LogP contribution < -0.4 is 5.32 Å². The molecule has 85 heavy (non-hydrogen) atoms. The molecule has 508 valence electrons. The first-order chi connectivity index (χ1) is 42.0. The molecule has 0 saturated heterocycles. The lowest BCUT2D eigenvalue weighted by Crippen LogP contribution is -2.45. The molecule has 6 nitrogen and oxygen atoms in total. The number of esters is 1. The maximum Gasteiger partial charge on any atom is 0.305 e. The minimum absolute atomic E-state index is 0.0255. The first-order valence-electron chi connectivity index (χ1n) is 39.8. The van der Waals surface area contributed by atoms with Crippen LogP contribution >= 0.6 is 0 Å². The number of unbranched alkanes of at least 4 members (excludes halogenated alkanes) is 65. The zero-order chi connectivity index (χ0) is 61.3. The van der Waals surface area contributed by atoms with Crippen LogP contribution in [-0.2, 0) is 14.3 Å². The molecule has 0 bridgehead atoms. The van der Waals surface area contributed by atoms with Crippen LogP contribution in [0.5, 0.6) is 0 Å². The molecule has 0 rings (SSSR count). The molecule has 2 atom stereocenters. The number of amides is 1. The lowest BCUT2D eigenvalue weighted by molar-refractivity contribution is -0.143. The second-order valence-electron chi connectivity index (χ2n) is 27.8. The summed E-state index contributed by atoms with van der Waals surface area (Å²) >= 11 is 0. The summed E-state index contributed by atoms with van der Waals surface area (Å²) in [5.74, 6) is 0.000449. The van der Waals surface area contributed by atoms with E-state index in [4.69, 9.17) is 4.74 Å². The Morgan fingerprint density at radius 1 is 0.282 bits per heavy atom. The van der Waals surface area contributed by atoms with Crippen molar-refractivity contribution in [1.29, 1.82) is 0 Å². The van der Waals surface area contributed by atoms with Gasteiger partial charge in [-0.1, -0.05) is 431 Å². The van der Waals surface area contributed by atoms with E-state index >= 15 is 0 Å². The molecule has 2 unspecified atom stereocenters. The maximum absolute atomic E-state index is 12.6. The normalized spacial score (nSPS) is 12.4. The zero-order valence-corrected chi connectivity index (χ0v) is 58.4. The highest BCUT2D eigenvalue weighted by molar-refractivity contribution is 5.76. The summed E-state index contributed by atoms with van der Waals surface area (Å²) in [6.45, 7) is 5.02. The van der Waals surface area contributed by atoms with Crippen molar-refractivity contribution in [3.8, 4) is 0 Å². The van der Waals surface area contributed by atoms with Crippen molar-refractivity contribution in [3.63, 3.8) is 0 Å². The molecule has 0 aromatic rings. The molecule has 0 aromatic heterocycles. The molecule has 0 spiro atoms. The first-order valence-corrected chi connectivity index (χ1v) is 39.8. The van der Waals surface area contributed by atoms with Crippen LogP contribution in [0.25, 0.3) is 0 Å². The summed E-state index contributed by atoms with van der Waals surface area (Å²) in [7, 11) is 0. The van der Waals surface area contributed by atoms with Crippen molar-refractivity contribution in [2.75, 3.05) is 13.2 Å². The Bertz CT molecular complexity index is 1240. The van der Waals surface area contributed by atoms with E-state index in [1.807, 2.05) is 0 Å². The average Bonchev–Trinajstić information content (AvgIpc) is 3.51. The van der Waals surface area contributed by atoms with Gasteiger partial charge in [-0.05, 0) is 25.7 Å². The third kappa shape index (κ3) is 71.8. The SMILES string of the molecule is CCCCCCCCCCCCCCCCCCCCCCC(O)C(CO)NC(=O)CCCCCCCCCCCCCCCCCCCCCCCCCCCCCCCOC(=O)CCCCCCCCCCCCCCCCCCCCC. The minimum Gasteiger partial charge on any atom is -0.466 e. The molecule has 0 aliphatic rings. The summed E-state index contributed by atoms with van der Waals surface area (Å²) < 4.78 is 5.52. The second kappa shape index (κ2) is 75.3. The topological polar surface area (TPSA) is 95.9 Å².